The first-order valence-electron chi connectivity index (χ1n) is 3.77. The minimum atomic E-state index is -0.189. The van der Waals surface area contributed by atoms with Crippen molar-refractivity contribution in [1.29, 1.82) is 0 Å². The van der Waals surface area contributed by atoms with Gasteiger partial charge in [-0.3, -0.25) is 9.36 Å². The summed E-state index contributed by atoms with van der Waals surface area (Å²) in [5, 5.41) is 0. The van der Waals surface area contributed by atoms with E-state index in [1.165, 1.54) is 10.8 Å². The molecule has 0 amide bonds. The van der Waals surface area contributed by atoms with Gasteiger partial charge in [0.25, 0.3) is 5.56 Å². The quantitative estimate of drug-likeness (QED) is 0.608. The van der Waals surface area contributed by atoms with Crippen LogP contribution in [0.1, 0.15) is 0 Å². The van der Waals surface area contributed by atoms with Crippen LogP contribution in [0.5, 0.6) is 0 Å². The first-order chi connectivity index (χ1) is 6.18. The predicted molar refractivity (Wildman–Crippen MR) is 49.2 cm³/mol. The van der Waals surface area contributed by atoms with Crippen molar-refractivity contribution >= 4 is 17.0 Å². The molecule has 0 aliphatic heterocycles. The van der Waals surface area contributed by atoms with Gasteiger partial charge in [0.2, 0.25) is 0 Å². The highest BCUT2D eigenvalue weighted by Gasteiger charge is 2.01. The molecule has 2 aromatic rings. The number of nitrogens with two attached hydrogens (primary N) is 1. The highest BCUT2D eigenvalue weighted by atomic mass is 16.1. The van der Waals surface area contributed by atoms with Crippen LogP contribution in [-0.4, -0.2) is 14.5 Å². The van der Waals surface area contributed by atoms with Crippen LogP contribution >= 0.6 is 0 Å². The van der Waals surface area contributed by atoms with Gasteiger partial charge in [-0.2, -0.15) is 0 Å². The van der Waals surface area contributed by atoms with Gasteiger partial charge in [0, 0.05) is 7.05 Å². The molecular formula is C8H8N4O. The summed E-state index contributed by atoms with van der Waals surface area (Å²) in [6, 6.07) is 3.39. The molecule has 0 unspecified atom stereocenters. The summed E-state index contributed by atoms with van der Waals surface area (Å²) >= 11 is 0. The molecule has 5 heteroatoms. The molecule has 0 spiro atoms. The lowest BCUT2D eigenvalue weighted by molar-refractivity contribution is 0.875. The highest BCUT2D eigenvalue weighted by Crippen LogP contribution is 2.07. The smallest absolute Gasteiger partial charge is 0.270 e. The van der Waals surface area contributed by atoms with Crippen LogP contribution < -0.4 is 11.3 Å². The van der Waals surface area contributed by atoms with E-state index >= 15 is 0 Å². The molecule has 0 fully saturated rings. The zero-order chi connectivity index (χ0) is 9.42. The molecule has 0 bridgehead atoms. The van der Waals surface area contributed by atoms with E-state index in [0.717, 1.165) is 0 Å². The van der Waals surface area contributed by atoms with E-state index < -0.39 is 0 Å². The Morgan fingerprint density at radius 3 is 3.00 bits per heavy atom. The lowest BCUT2D eigenvalue weighted by Gasteiger charge is -2.01. The van der Waals surface area contributed by atoms with Crippen molar-refractivity contribution < 1.29 is 0 Å². The van der Waals surface area contributed by atoms with Crippen molar-refractivity contribution in [3.05, 3.63) is 28.7 Å². The van der Waals surface area contributed by atoms with E-state index in [9.17, 15) is 4.79 Å². The first kappa shape index (κ1) is 7.72. The van der Waals surface area contributed by atoms with Crippen LogP contribution in [0.3, 0.4) is 0 Å². The summed E-state index contributed by atoms with van der Waals surface area (Å²) < 4.78 is 1.42. The number of pyridine rings is 1. The minimum absolute atomic E-state index is 0.189. The van der Waals surface area contributed by atoms with Crippen LogP contribution in [0.15, 0.2) is 23.1 Å². The van der Waals surface area contributed by atoms with Gasteiger partial charge >= 0.3 is 0 Å². The van der Waals surface area contributed by atoms with Gasteiger partial charge in [-0.1, -0.05) is 0 Å². The Kier molecular flexibility index (Phi) is 1.51. The molecule has 13 heavy (non-hydrogen) atoms. The van der Waals surface area contributed by atoms with E-state index in [1.54, 1.807) is 19.2 Å². The van der Waals surface area contributed by atoms with Crippen molar-refractivity contribution in [1.82, 2.24) is 14.5 Å². The van der Waals surface area contributed by atoms with Crippen molar-refractivity contribution in [2.45, 2.75) is 0 Å². The third kappa shape index (κ3) is 1.14. The van der Waals surface area contributed by atoms with Crippen LogP contribution in [0, 0.1) is 0 Å². The highest BCUT2D eigenvalue weighted by molar-refractivity contribution is 5.71. The summed E-state index contributed by atoms with van der Waals surface area (Å²) in [7, 11) is 1.64. The van der Waals surface area contributed by atoms with Gasteiger partial charge in [-0.05, 0) is 12.1 Å². The van der Waals surface area contributed by atoms with E-state index in [2.05, 4.69) is 9.97 Å². The van der Waals surface area contributed by atoms with Crippen LogP contribution in [0.25, 0.3) is 11.2 Å². The standard InChI is InChI=1S/C8H8N4O/c1-12-7(13)4-10-5-2-3-6(9)11-8(5)12/h2-4H,1H3,(H2,9,11). The van der Waals surface area contributed by atoms with Gasteiger partial charge in [0.15, 0.2) is 5.65 Å². The number of fused-ring (bicyclic) bond motifs is 1. The van der Waals surface area contributed by atoms with Crippen molar-refractivity contribution in [3.8, 4) is 0 Å². The van der Waals surface area contributed by atoms with Gasteiger partial charge in [0.1, 0.15) is 11.3 Å². The molecule has 2 rings (SSSR count). The largest absolute Gasteiger partial charge is 0.384 e. The van der Waals surface area contributed by atoms with Crippen molar-refractivity contribution in [3.63, 3.8) is 0 Å². The summed E-state index contributed by atoms with van der Waals surface area (Å²) in [5.74, 6) is 0.385. The monoisotopic (exact) mass is 176 g/mol. The molecule has 0 aliphatic rings. The average molecular weight is 176 g/mol. The van der Waals surface area contributed by atoms with E-state index in [-0.39, 0.29) is 5.56 Å². The second-order valence-electron chi connectivity index (χ2n) is 2.73. The van der Waals surface area contributed by atoms with Gasteiger partial charge in [0.05, 0.1) is 6.20 Å². The molecule has 0 atom stereocenters. The lowest BCUT2D eigenvalue weighted by atomic mass is 10.4. The predicted octanol–water partition coefficient (Wildman–Crippen LogP) is -0.0893. The van der Waals surface area contributed by atoms with Gasteiger partial charge in [-0.15, -0.1) is 0 Å². The molecule has 0 aromatic carbocycles. The molecule has 2 heterocycles. The molecule has 2 aromatic heterocycles. The topological polar surface area (TPSA) is 73.8 Å². The third-order valence-electron chi connectivity index (χ3n) is 1.84. The maximum Gasteiger partial charge on any atom is 0.270 e. The van der Waals surface area contributed by atoms with Crippen LogP contribution in [-0.2, 0) is 7.05 Å². The zero-order valence-corrected chi connectivity index (χ0v) is 7.06. The molecule has 0 radical (unpaired) electrons. The van der Waals surface area contributed by atoms with Gasteiger partial charge in [-0.25, -0.2) is 9.97 Å². The SMILES string of the molecule is Cn1c(=O)cnc2ccc(N)nc21. The molecule has 5 nitrogen and oxygen atoms in total. The Morgan fingerprint density at radius 1 is 1.46 bits per heavy atom. The van der Waals surface area contributed by atoms with E-state index in [1.807, 2.05) is 0 Å². The number of nitrogen functional groups attached to an aromatic ring is 1. The van der Waals surface area contributed by atoms with Crippen molar-refractivity contribution in [2.75, 3.05) is 5.73 Å². The fourth-order valence-corrected chi connectivity index (χ4v) is 1.12. The van der Waals surface area contributed by atoms with E-state index in [0.29, 0.717) is 17.0 Å². The maximum atomic E-state index is 11.2. The normalized spacial score (nSPS) is 10.5. The number of rotatable bonds is 0. The van der Waals surface area contributed by atoms with E-state index in [4.69, 9.17) is 5.73 Å². The van der Waals surface area contributed by atoms with Crippen molar-refractivity contribution in [2.24, 2.45) is 7.05 Å². The molecule has 66 valence electrons. The van der Waals surface area contributed by atoms with Crippen LogP contribution in [0.4, 0.5) is 5.82 Å². The number of aromatic nitrogens is 3. The first-order valence-corrected chi connectivity index (χ1v) is 3.77. The summed E-state index contributed by atoms with van der Waals surface area (Å²) in [5.41, 5.74) is 6.47. The molecule has 0 saturated carbocycles. The Morgan fingerprint density at radius 2 is 2.23 bits per heavy atom. The van der Waals surface area contributed by atoms with Gasteiger partial charge < -0.3 is 5.73 Å². The Bertz CT molecular complexity index is 517. The van der Waals surface area contributed by atoms with Crippen LogP contribution in [0.2, 0.25) is 0 Å². The molecular weight excluding hydrogens is 168 g/mol. The number of anilines is 1. The Labute approximate surface area is 73.8 Å². The Hall–Kier alpha value is -1.91. The lowest BCUT2D eigenvalue weighted by Crippen LogP contribution is -2.17. The number of hydrogen-bond acceptors (Lipinski definition) is 4. The number of nitrogens with zero attached hydrogens (tertiary/aromatic N) is 3. The summed E-state index contributed by atoms with van der Waals surface area (Å²) in [4.78, 5) is 19.1. The molecule has 0 saturated heterocycles. The third-order valence-corrected chi connectivity index (χ3v) is 1.84. The number of hydrogen-bond donors (Lipinski definition) is 1. The zero-order valence-electron chi connectivity index (χ0n) is 7.06. The summed E-state index contributed by atoms with van der Waals surface area (Å²) in [6.07, 6.45) is 1.26. The minimum Gasteiger partial charge on any atom is -0.384 e. The fourth-order valence-electron chi connectivity index (χ4n) is 1.12. The molecule has 0 aliphatic carbocycles. The summed E-state index contributed by atoms with van der Waals surface area (Å²) in [6.45, 7) is 0. The Balaban J connectivity index is 2.97. The fraction of sp³-hybridized carbons (Fsp3) is 0.125. The second-order valence-corrected chi connectivity index (χ2v) is 2.73. The maximum absolute atomic E-state index is 11.2. The second kappa shape index (κ2) is 2.55. The molecule has 2 N–H and O–H groups in total. The number of aryl methyl sites for hydroxylation is 1. The average Bonchev–Trinajstić information content (AvgIpc) is 2.12.